The third kappa shape index (κ3) is 6.68. The molecule has 3 heterocycles. The third-order valence-electron chi connectivity index (χ3n) is 6.81. The van der Waals surface area contributed by atoms with Gasteiger partial charge in [-0.3, -0.25) is 9.78 Å². The van der Waals surface area contributed by atoms with Crippen molar-refractivity contribution in [2.75, 3.05) is 32.5 Å². The van der Waals surface area contributed by atoms with Gasteiger partial charge >= 0.3 is 5.97 Å². The van der Waals surface area contributed by atoms with Gasteiger partial charge in [0.05, 0.1) is 21.9 Å². The zero-order valence-electron chi connectivity index (χ0n) is 20.0. The fourth-order valence-corrected chi connectivity index (χ4v) is 7.15. The Morgan fingerprint density at radius 2 is 2.22 bits per heavy atom. The fraction of sp³-hybridized carbons (Fsp3) is 0.462. The molecule has 0 spiro atoms. The van der Waals surface area contributed by atoms with Crippen LogP contribution >= 0.6 is 34.7 Å². The number of likely N-dealkylation sites (tertiary alicyclic amines) is 1. The number of alkyl halides is 1. The van der Waals surface area contributed by atoms with Gasteiger partial charge in [-0.25, -0.2) is 8.78 Å². The summed E-state index contributed by atoms with van der Waals surface area (Å²) in [5.74, 6) is 0.374. The first-order chi connectivity index (χ1) is 17.4. The van der Waals surface area contributed by atoms with Crippen molar-refractivity contribution in [1.82, 2.24) is 9.88 Å². The number of carboxylic acid groups (broad SMARTS) is 1. The third-order valence-corrected chi connectivity index (χ3v) is 9.28. The van der Waals surface area contributed by atoms with Crippen LogP contribution in [0.2, 0.25) is 5.02 Å². The molecule has 5 nitrogen and oxygen atoms in total. The van der Waals surface area contributed by atoms with Gasteiger partial charge in [-0.1, -0.05) is 11.6 Å². The van der Waals surface area contributed by atoms with Crippen molar-refractivity contribution in [3.05, 3.63) is 52.2 Å². The van der Waals surface area contributed by atoms with Crippen LogP contribution in [0.4, 0.5) is 8.78 Å². The van der Waals surface area contributed by atoms with Gasteiger partial charge in [-0.15, -0.1) is 23.1 Å². The molecule has 4 rings (SSSR count). The number of thioether (sulfide) groups is 1. The Labute approximate surface area is 222 Å². The van der Waals surface area contributed by atoms with Crippen molar-refractivity contribution < 1.29 is 23.4 Å². The minimum Gasteiger partial charge on any atom is -0.497 e. The molecule has 0 amide bonds. The number of aromatic nitrogens is 1. The van der Waals surface area contributed by atoms with Gasteiger partial charge in [0, 0.05) is 42.4 Å². The van der Waals surface area contributed by atoms with Crippen LogP contribution in [0.3, 0.4) is 0 Å². The largest absolute Gasteiger partial charge is 0.497 e. The standard InChI is InChI=1S/C26H29ClF2N2O3S2/c1-34-18-3-5-23-19(13-18)25(20(27)14-30-23)21(28)4-2-16-6-8-31(15-17(16)12-24(32)33)9-11-36-26-22(29)7-10-35-26/h3,5,7,10,13-14,16-17,21H,2,4,6,8-9,11-12,15H2,1H3,(H,32,33)/t16-,17+,21+/m1/s1. The summed E-state index contributed by atoms with van der Waals surface area (Å²) in [5.41, 5.74) is 1.06. The molecule has 2 aromatic heterocycles. The van der Waals surface area contributed by atoms with Gasteiger partial charge in [-0.2, -0.15) is 0 Å². The highest BCUT2D eigenvalue weighted by Gasteiger charge is 2.31. The quantitative estimate of drug-likeness (QED) is 0.255. The van der Waals surface area contributed by atoms with Crippen LogP contribution < -0.4 is 4.74 Å². The van der Waals surface area contributed by atoms with E-state index in [0.717, 1.165) is 25.3 Å². The number of ether oxygens (including phenoxy) is 1. The highest BCUT2D eigenvalue weighted by atomic mass is 35.5. The summed E-state index contributed by atoms with van der Waals surface area (Å²) in [4.78, 5) is 18.1. The number of carboxylic acids is 1. The van der Waals surface area contributed by atoms with E-state index in [2.05, 4.69) is 9.88 Å². The lowest BCUT2D eigenvalue weighted by Crippen LogP contribution is -2.42. The van der Waals surface area contributed by atoms with Crippen molar-refractivity contribution in [2.24, 2.45) is 11.8 Å². The lowest BCUT2D eigenvalue weighted by Gasteiger charge is -2.38. The van der Waals surface area contributed by atoms with Crippen molar-refractivity contribution in [2.45, 2.75) is 36.1 Å². The van der Waals surface area contributed by atoms with Gasteiger partial charge in [-0.05, 0) is 67.3 Å². The second kappa shape index (κ2) is 12.5. The smallest absolute Gasteiger partial charge is 0.303 e. The summed E-state index contributed by atoms with van der Waals surface area (Å²) in [6, 6.07) is 6.78. The molecule has 36 heavy (non-hydrogen) atoms. The van der Waals surface area contributed by atoms with Crippen LogP contribution in [-0.4, -0.2) is 53.5 Å². The van der Waals surface area contributed by atoms with Gasteiger partial charge < -0.3 is 14.7 Å². The lowest BCUT2D eigenvalue weighted by molar-refractivity contribution is -0.139. The molecule has 1 aliphatic rings. The summed E-state index contributed by atoms with van der Waals surface area (Å²) >= 11 is 9.26. The predicted octanol–water partition coefficient (Wildman–Crippen LogP) is 7.09. The molecule has 3 aromatic rings. The van der Waals surface area contributed by atoms with Crippen molar-refractivity contribution >= 4 is 51.6 Å². The van der Waals surface area contributed by atoms with Crippen molar-refractivity contribution in [3.8, 4) is 5.75 Å². The molecule has 1 aromatic carbocycles. The number of fused-ring (bicyclic) bond motifs is 1. The minimum absolute atomic E-state index is 0.0565. The molecule has 1 aliphatic heterocycles. The van der Waals surface area contributed by atoms with Gasteiger partial charge in [0.25, 0.3) is 0 Å². The van der Waals surface area contributed by atoms with E-state index >= 15 is 4.39 Å². The number of hydrogen-bond acceptors (Lipinski definition) is 6. The summed E-state index contributed by atoms with van der Waals surface area (Å²) in [6.07, 6.45) is 1.87. The average molecular weight is 555 g/mol. The normalized spacial score (nSPS) is 19.4. The second-order valence-corrected chi connectivity index (χ2v) is 11.7. The number of aliphatic carboxylic acids is 1. The van der Waals surface area contributed by atoms with Crippen molar-refractivity contribution in [1.29, 1.82) is 0 Å². The van der Waals surface area contributed by atoms with Crippen LogP contribution in [0, 0.1) is 17.7 Å². The Balaban J connectivity index is 1.38. The molecule has 0 bridgehead atoms. The van der Waals surface area contributed by atoms with Gasteiger partial charge in [0.1, 0.15) is 17.7 Å². The van der Waals surface area contributed by atoms with Crippen LogP contribution in [0.1, 0.15) is 37.4 Å². The maximum absolute atomic E-state index is 15.6. The Hall–Kier alpha value is -1.94. The first-order valence-electron chi connectivity index (χ1n) is 11.9. The molecule has 10 heteroatoms. The zero-order valence-corrected chi connectivity index (χ0v) is 22.4. The number of hydrogen-bond donors (Lipinski definition) is 1. The van der Waals surface area contributed by atoms with Crippen LogP contribution in [0.5, 0.6) is 5.75 Å². The highest BCUT2D eigenvalue weighted by Crippen LogP contribution is 2.39. The number of nitrogens with zero attached hydrogens (tertiary/aromatic N) is 2. The highest BCUT2D eigenvalue weighted by molar-refractivity contribution is 8.01. The Morgan fingerprint density at radius 3 is 2.94 bits per heavy atom. The SMILES string of the molecule is COc1ccc2ncc(Cl)c([C@@H](F)CC[C@@H]3CCN(CCSc4sccc4F)C[C@@H]3CC(=O)O)c2c1. The van der Waals surface area contributed by atoms with Crippen LogP contribution in [-0.2, 0) is 4.79 Å². The van der Waals surface area contributed by atoms with E-state index in [1.807, 2.05) is 0 Å². The molecule has 0 saturated carbocycles. The molecule has 0 unspecified atom stereocenters. The number of thiophene rings is 1. The fourth-order valence-electron chi connectivity index (χ4n) is 4.96. The number of benzene rings is 1. The number of piperidine rings is 1. The first kappa shape index (κ1) is 27.1. The molecule has 0 aliphatic carbocycles. The number of halogens is 3. The maximum atomic E-state index is 15.6. The van der Waals surface area contributed by atoms with E-state index in [-0.39, 0.29) is 35.5 Å². The Morgan fingerprint density at radius 1 is 1.39 bits per heavy atom. The van der Waals surface area contributed by atoms with E-state index in [4.69, 9.17) is 16.3 Å². The molecule has 194 valence electrons. The molecular formula is C26H29ClF2N2O3S2. The first-order valence-corrected chi connectivity index (χ1v) is 14.2. The second-order valence-electron chi connectivity index (χ2n) is 9.06. The van der Waals surface area contributed by atoms with E-state index in [0.29, 0.717) is 39.4 Å². The van der Waals surface area contributed by atoms with E-state index in [9.17, 15) is 14.3 Å². The molecule has 0 radical (unpaired) electrons. The molecular weight excluding hydrogens is 526 g/mol. The Kier molecular flexibility index (Phi) is 9.44. The van der Waals surface area contributed by atoms with Crippen molar-refractivity contribution in [3.63, 3.8) is 0 Å². The topological polar surface area (TPSA) is 62.7 Å². The predicted molar refractivity (Wildman–Crippen MR) is 142 cm³/mol. The van der Waals surface area contributed by atoms with E-state index < -0.39 is 12.1 Å². The van der Waals surface area contributed by atoms with E-state index in [1.54, 1.807) is 30.7 Å². The van der Waals surface area contributed by atoms with Gasteiger partial charge in [0.15, 0.2) is 0 Å². The maximum Gasteiger partial charge on any atom is 0.303 e. The number of rotatable bonds is 11. The Bertz CT molecular complexity index is 1200. The monoisotopic (exact) mass is 554 g/mol. The van der Waals surface area contributed by atoms with Gasteiger partial charge in [0.2, 0.25) is 0 Å². The number of methoxy groups -OCH3 is 1. The minimum atomic E-state index is -1.30. The molecule has 3 atom stereocenters. The summed E-state index contributed by atoms with van der Waals surface area (Å²) in [7, 11) is 1.56. The lowest BCUT2D eigenvalue weighted by atomic mass is 9.79. The summed E-state index contributed by atoms with van der Waals surface area (Å²) in [5, 5.41) is 12.1. The zero-order chi connectivity index (χ0) is 25.7. The van der Waals surface area contributed by atoms with E-state index in [1.165, 1.54) is 35.4 Å². The van der Waals surface area contributed by atoms with Crippen LogP contribution in [0.15, 0.2) is 40.1 Å². The average Bonchev–Trinajstić information content (AvgIpc) is 3.27. The number of pyridine rings is 1. The number of carbonyl (C=O) groups is 1. The molecule has 1 N–H and O–H groups in total. The molecule has 1 saturated heterocycles. The summed E-state index contributed by atoms with van der Waals surface area (Å²) < 4.78 is 35.2. The summed E-state index contributed by atoms with van der Waals surface area (Å²) in [6.45, 7) is 2.23. The molecule has 1 fully saturated rings. The van der Waals surface area contributed by atoms with Crippen LogP contribution in [0.25, 0.3) is 10.9 Å².